The second-order valence-electron chi connectivity index (χ2n) is 14.1. The van der Waals surface area contributed by atoms with Gasteiger partial charge in [0.2, 0.25) is 0 Å². The summed E-state index contributed by atoms with van der Waals surface area (Å²) in [5.41, 5.74) is 7.01. The highest BCUT2D eigenvalue weighted by atomic mass is 19.4. The molecule has 0 bridgehead atoms. The molecule has 0 saturated heterocycles. The average Bonchev–Trinajstić information content (AvgIpc) is 3.19. The number of hydrogen-bond acceptors (Lipinski definition) is 8. The number of anilines is 3. The lowest BCUT2D eigenvalue weighted by molar-refractivity contribution is -0.153. The zero-order valence-corrected chi connectivity index (χ0v) is 32.8. The molecule has 0 radical (unpaired) electrons. The van der Waals surface area contributed by atoms with Crippen molar-refractivity contribution in [3.63, 3.8) is 0 Å². The number of halogens is 3. The summed E-state index contributed by atoms with van der Waals surface area (Å²) in [4.78, 5) is 26.5. The second kappa shape index (κ2) is 17.2. The van der Waals surface area contributed by atoms with Crippen molar-refractivity contribution in [2.75, 3.05) is 18.6 Å². The molecule has 0 amide bonds. The monoisotopic (exact) mass is 789 g/mol. The topological polar surface area (TPSA) is 83.5 Å². The van der Waals surface area contributed by atoms with Gasteiger partial charge in [-0.3, -0.25) is 4.79 Å². The molecule has 6 rings (SSSR count). The third kappa shape index (κ3) is 9.97. The lowest BCUT2D eigenvalue weighted by Gasteiger charge is -2.27. The lowest BCUT2D eigenvalue weighted by atomic mass is 9.77. The van der Waals surface area contributed by atoms with Crippen LogP contribution in [-0.4, -0.2) is 32.0 Å². The van der Waals surface area contributed by atoms with E-state index in [2.05, 4.69) is 13.8 Å². The van der Waals surface area contributed by atoms with E-state index in [1.165, 1.54) is 19.1 Å². The van der Waals surface area contributed by atoms with Gasteiger partial charge in [0.25, 0.3) is 0 Å². The van der Waals surface area contributed by atoms with Crippen molar-refractivity contribution in [3.05, 3.63) is 156 Å². The Hall–Kier alpha value is -6.75. The second-order valence-corrected chi connectivity index (χ2v) is 14.1. The first kappa shape index (κ1) is 40.9. The predicted molar refractivity (Wildman–Crippen MR) is 217 cm³/mol. The van der Waals surface area contributed by atoms with Crippen molar-refractivity contribution in [1.29, 1.82) is 0 Å². The number of nitrogens with zero attached hydrogens (tertiary/aromatic N) is 1. The van der Waals surface area contributed by atoms with Crippen LogP contribution in [0, 0.1) is 13.8 Å². The molecule has 11 heteroatoms. The highest BCUT2D eigenvalue weighted by Crippen LogP contribution is 2.39. The smallest absolute Gasteiger partial charge is 0.497 e. The van der Waals surface area contributed by atoms with E-state index < -0.39 is 24.4 Å². The Labute approximate surface area is 335 Å². The lowest BCUT2D eigenvalue weighted by Crippen LogP contribution is -2.20. The maximum absolute atomic E-state index is 13.2. The van der Waals surface area contributed by atoms with Gasteiger partial charge in [0.1, 0.15) is 28.7 Å². The summed E-state index contributed by atoms with van der Waals surface area (Å²) in [6.07, 6.45) is -5.41. The highest BCUT2D eigenvalue weighted by molar-refractivity contribution is 5.80. The maximum Gasteiger partial charge on any atom is 0.519 e. The van der Waals surface area contributed by atoms with E-state index in [1.807, 2.05) is 97.6 Å². The molecule has 0 fully saturated rings. The van der Waals surface area contributed by atoms with Crippen molar-refractivity contribution in [3.8, 4) is 39.9 Å². The fourth-order valence-corrected chi connectivity index (χ4v) is 6.41. The van der Waals surface area contributed by atoms with Gasteiger partial charge in [-0.1, -0.05) is 68.4 Å². The van der Waals surface area contributed by atoms with Crippen LogP contribution in [0.1, 0.15) is 43.0 Å². The summed E-state index contributed by atoms with van der Waals surface area (Å²) >= 11 is 0. The average molecular weight is 790 g/mol. The quantitative estimate of drug-likeness (QED) is 0.0688. The summed E-state index contributed by atoms with van der Waals surface area (Å²) < 4.78 is 65.3. The number of rotatable bonds is 12. The van der Waals surface area contributed by atoms with E-state index in [9.17, 15) is 22.8 Å². The van der Waals surface area contributed by atoms with Crippen LogP contribution in [0.3, 0.4) is 0 Å². The van der Waals surface area contributed by atoms with Crippen molar-refractivity contribution in [1.82, 2.24) is 0 Å². The third-order valence-electron chi connectivity index (χ3n) is 9.56. The van der Waals surface area contributed by atoms with Gasteiger partial charge in [0.05, 0.1) is 7.11 Å². The molecule has 0 aliphatic heterocycles. The molecule has 0 aliphatic carbocycles. The van der Waals surface area contributed by atoms with E-state index in [1.54, 1.807) is 49.6 Å². The molecule has 0 atom stereocenters. The van der Waals surface area contributed by atoms with Gasteiger partial charge in [0, 0.05) is 35.5 Å². The number of alkyl halides is 3. The first-order chi connectivity index (χ1) is 27.6. The molecule has 58 heavy (non-hydrogen) atoms. The van der Waals surface area contributed by atoms with Crippen LogP contribution in [0.5, 0.6) is 28.7 Å². The molecule has 298 valence electrons. The normalized spacial score (nSPS) is 11.4. The molecule has 0 aromatic heterocycles. The molecule has 6 aromatic carbocycles. The van der Waals surface area contributed by atoms with E-state index in [0.717, 1.165) is 44.8 Å². The molecule has 0 N–H and O–H groups in total. The summed E-state index contributed by atoms with van der Waals surface area (Å²) in [5.74, 6) is 1.46. The van der Waals surface area contributed by atoms with Gasteiger partial charge in [-0.2, -0.15) is 13.2 Å². The molecular formula is C47H42F3NO7. The largest absolute Gasteiger partial charge is 0.519 e. The van der Waals surface area contributed by atoms with E-state index >= 15 is 0 Å². The maximum atomic E-state index is 13.2. The number of esters is 1. The van der Waals surface area contributed by atoms with Crippen LogP contribution in [0.15, 0.2) is 133 Å². The Kier molecular flexibility index (Phi) is 12.1. The van der Waals surface area contributed by atoms with E-state index in [4.69, 9.17) is 23.7 Å². The molecule has 0 spiro atoms. The van der Waals surface area contributed by atoms with Crippen molar-refractivity contribution in [2.45, 2.75) is 46.2 Å². The van der Waals surface area contributed by atoms with E-state index in [0.29, 0.717) is 22.9 Å². The number of carbonyl (C=O) groups is 2. The molecule has 0 unspecified atom stereocenters. The predicted octanol–water partition coefficient (Wildman–Crippen LogP) is 12.2. The van der Waals surface area contributed by atoms with Gasteiger partial charge in [-0.25, -0.2) is 4.79 Å². The zero-order valence-electron chi connectivity index (χ0n) is 32.8. The van der Waals surface area contributed by atoms with Crippen LogP contribution in [-0.2, 0) is 10.2 Å². The summed E-state index contributed by atoms with van der Waals surface area (Å²) in [7, 11) is 1.61. The van der Waals surface area contributed by atoms with Crippen molar-refractivity contribution >= 4 is 29.2 Å². The van der Waals surface area contributed by atoms with Crippen molar-refractivity contribution in [2.24, 2.45) is 0 Å². The van der Waals surface area contributed by atoms with Gasteiger partial charge in [0.15, 0.2) is 6.61 Å². The Balaban J connectivity index is 1.22. The fourth-order valence-electron chi connectivity index (χ4n) is 6.41. The summed E-state index contributed by atoms with van der Waals surface area (Å²) in [5, 5.41) is 0. The summed E-state index contributed by atoms with van der Waals surface area (Å²) in [6, 6.07) is 39.8. The molecule has 6 aromatic rings. The third-order valence-corrected chi connectivity index (χ3v) is 9.56. The minimum Gasteiger partial charge on any atom is -0.497 e. The number of ether oxygens (including phenoxy) is 5. The number of aryl methyl sites for hydroxylation is 2. The fraction of sp³-hybridized carbons (Fsp3) is 0.191. The summed E-state index contributed by atoms with van der Waals surface area (Å²) in [6.45, 7) is 7.85. The number of benzene rings is 6. The molecule has 0 saturated carbocycles. The van der Waals surface area contributed by atoms with Crippen LogP contribution in [0.25, 0.3) is 11.1 Å². The van der Waals surface area contributed by atoms with Crippen LogP contribution in [0.4, 0.5) is 35.0 Å². The minimum atomic E-state index is -4.47. The Bertz CT molecular complexity index is 2390. The first-order valence-electron chi connectivity index (χ1n) is 18.3. The van der Waals surface area contributed by atoms with Gasteiger partial charge in [-0.05, 0) is 120 Å². The SMILES string of the molecule is COc1ccc(-c2ccc(N(c3ccc(OCC(F)(F)F)cc3)c3cccc(OC(=O)Oc4ccc(C(C)(C)c5ccc(OC(C)=O)c(C)c5)cc4C)c3)cc2)cc1. The van der Waals surface area contributed by atoms with Crippen LogP contribution >= 0.6 is 0 Å². The minimum absolute atomic E-state index is 0.0626. The Morgan fingerprint density at radius 1 is 0.586 bits per heavy atom. The number of carbonyl (C=O) groups excluding carboxylic acids is 2. The Morgan fingerprint density at radius 2 is 1.10 bits per heavy atom. The van der Waals surface area contributed by atoms with E-state index in [-0.39, 0.29) is 17.5 Å². The Morgan fingerprint density at radius 3 is 1.62 bits per heavy atom. The van der Waals surface area contributed by atoms with Gasteiger partial charge >= 0.3 is 18.3 Å². The van der Waals surface area contributed by atoms with Crippen LogP contribution in [0.2, 0.25) is 0 Å². The van der Waals surface area contributed by atoms with Gasteiger partial charge in [-0.15, -0.1) is 0 Å². The molecule has 8 nitrogen and oxygen atoms in total. The number of hydrogen-bond donors (Lipinski definition) is 0. The standard InChI is InChI=1S/C47H42F3NO7/c1-30-26-35(14-24-43(30)56-32(3)52)46(4,5)36-15-25-44(31(2)27-36)58-45(53)57-42-9-7-8-39(28-42)51(38-18-22-41(23-19-38)55-29-47(48,49)50)37-16-10-33(11-17-37)34-12-20-40(54-6)21-13-34/h7-28H,29H2,1-6H3. The van der Waals surface area contributed by atoms with Crippen LogP contribution < -0.4 is 28.6 Å². The number of methoxy groups -OCH3 is 1. The van der Waals surface area contributed by atoms with Gasteiger partial charge < -0.3 is 28.6 Å². The molecular weight excluding hydrogens is 748 g/mol. The highest BCUT2D eigenvalue weighted by Gasteiger charge is 2.29. The van der Waals surface area contributed by atoms with Crippen molar-refractivity contribution < 1.29 is 46.4 Å². The zero-order chi connectivity index (χ0) is 41.6. The molecule has 0 heterocycles. The molecule has 0 aliphatic rings. The first-order valence-corrected chi connectivity index (χ1v) is 18.3.